The van der Waals surface area contributed by atoms with Crippen LogP contribution in [-0.4, -0.2) is 15.0 Å². The van der Waals surface area contributed by atoms with Gasteiger partial charge in [-0.3, -0.25) is 0 Å². The zero-order valence-corrected chi connectivity index (χ0v) is 15.7. The van der Waals surface area contributed by atoms with E-state index in [1.54, 1.807) is 23.8 Å². The molecule has 0 radical (unpaired) electrons. The van der Waals surface area contributed by atoms with Crippen molar-refractivity contribution < 1.29 is 4.42 Å². The highest BCUT2D eigenvalue weighted by atomic mass is 32.1. The zero-order chi connectivity index (χ0) is 18.5. The van der Waals surface area contributed by atoms with Crippen molar-refractivity contribution in [2.75, 3.05) is 10.6 Å². The number of hydrogen-bond donors (Lipinski definition) is 2. The second-order valence-electron chi connectivity index (χ2n) is 5.95. The van der Waals surface area contributed by atoms with Gasteiger partial charge in [0.2, 0.25) is 5.95 Å². The standard InChI is InChI=1S/C20H19N5OS/c1-14-17(27-19(24-14)15-6-3-2-4-7-15)13-22-18-9-10-21-20(25-18)23-12-16-8-5-11-26-16/h2-11H,12-13H2,1H3,(H2,21,22,23,25). The van der Waals surface area contributed by atoms with Crippen LogP contribution in [0.1, 0.15) is 16.3 Å². The number of benzene rings is 1. The van der Waals surface area contributed by atoms with Crippen LogP contribution in [0.15, 0.2) is 65.4 Å². The summed E-state index contributed by atoms with van der Waals surface area (Å²) in [6.45, 7) is 3.26. The van der Waals surface area contributed by atoms with E-state index in [4.69, 9.17) is 9.40 Å². The third-order valence-electron chi connectivity index (χ3n) is 4.00. The molecule has 3 aromatic heterocycles. The Kier molecular flexibility index (Phi) is 5.11. The predicted octanol–water partition coefficient (Wildman–Crippen LogP) is 4.73. The van der Waals surface area contributed by atoms with E-state index in [0.29, 0.717) is 19.0 Å². The van der Waals surface area contributed by atoms with Gasteiger partial charge in [0.05, 0.1) is 25.0 Å². The van der Waals surface area contributed by atoms with Gasteiger partial charge in [0.15, 0.2) is 0 Å². The van der Waals surface area contributed by atoms with Gasteiger partial charge in [-0.05, 0) is 25.1 Å². The number of hydrogen-bond acceptors (Lipinski definition) is 7. The molecule has 0 saturated carbocycles. The summed E-state index contributed by atoms with van der Waals surface area (Å²) in [4.78, 5) is 14.6. The first-order valence-corrected chi connectivity index (χ1v) is 9.44. The lowest BCUT2D eigenvalue weighted by Crippen LogP contribution is -2.06. The molecular formula is C20H19N5OS. The summed E-state index contributed by atoms with van der Waals surface area (Å²) >= 11 is 1.70. The molecule has 0 aliphatic rings. The smallest absolute Gasteiger partial charge is 0.224 e. The lowest BCUT2D eigenvalue weighted by atomic mass is 10.2. The number of nitrogens with one attached hydrogen (secondary N) is 2. The maximum atomic E-state index is 5.30. The molecule has 4 rings (SSSR count). The van der Waals surface area contributed by atoms with Crippen molar-refractivity contribution in [3.05, 3.63) is 77.3 Å². The molecule has 0 aliphatic carbocycles. The maximum absolute atomic E-state index is 5.30. The molecule has 0 saturated heterocycles. The van der Waals surface area contributed by atoms with Gasteiger partial charge >= 0.3 is 0 Å². The largest absolute Gasteiger partial charge is 0.467 e. The first-order valence-electron chi connectivity index (χ1n) is 8.63. The molecule has 27 heavy (non-hydrogen) atoms. The Bertz CT molecular complexity index is 998. The number of nitrogens with zero attached hydrogens (tertiary/aromatic N) is 3. The summed E-state index contributed by atoms with van der Waals surface area (Å²) in [6, 6.07) is 15.9. The van der Waals surface area contributed by atoms with Crippen LogP contribution in [-0.2, 0) is 13.1 Å². The molecule has 0 bridgehead atoms. The topological polar surface area (TPSA) is 75.9 Å². The van der Waals surface area contributed by atoms with Crippen molar-refractivity contribution in [2.24, 2.45) is 0 Å². The number of thiazole rings is 1. The van der Waals surface area contributed by atoms with Crippen molar-refractivity contribution in [3.8, 4) is 10.6 Å². The van der Waals surface area contributed by atoms with Gasteiger partial charge in [-0.2, -0.15) is 4.98 Å². The zero-order valence-electron chi connectivity index (χ0n) is 14.8. The van der Waals surface area contributed by atoms with Crippen LogP contribution in [0.5, 0.6) is 0 Å². The molecule has 1 aromatic carbocycles. The molecule has 0 fully saturated rings. The van der Waals surface area contributed by atoms with E-state index in [1.807, 2.05) is 43.3 Å². The highest BCUT2D eigenvalue weighted by molar-refractivity contribution is 7.15. The molecule has 0 atom stereocenters. The van der Waals surface area contributed by atoms with E-state index in [0.717, 1.165) is 27.8 Å². The van der Waals surface area contributed by atoms with Crippen LogP contribution >= 0.6 is 11.3 Å². The highest BCUT2D eigenvalue weighted by Gasteiger charge is 2.09. The molecule has 0 spiro atoms. The van der Waals surface area contributed by atoms with Gasteiger partial charge in [-0.25, -0.2) is 9.97 Å². The fourth-order valence-electron chi connectivity index (χ4n) is 2.59. The minimum absolute atomic E-state index is 0.546. The Morgan fingerprint density at radius 1 is 0.963 bits per heavy atom. The summed E-state index contributed by atoms with van der Waals surface area (Å²) in [7, 11) is 0. The number of aryl methyl sites for hydroxylation is 1. The molecule has 0 unspecified atom stereocenters. The third kappa shape index (κ3) is 4.32. The molecule has 136 valence electrons. The Labute approximate surface area is 161 Å². The summed E-state index contributed by atoms with van der Waals surface area (Å²) in [5, 5.41) is 7.55. The Hall–Kier alpha value is -3.19. The number of rotatable bonds is 7. The average molecular weight is 377 g/mol. The normalized spacial score (nSPS) is 10.7. The van der Waals surface area contributed by atoms with E-state index in [2.05, 4.69) is 32.7 Å². The quantitative estimate of drug-likeness (QED) is 0.485. The minimum Gasteiger partial charge on any atom is -0.467 e. The Balaban J connectivity index is 1.40. The van der Waals surface area contributed by atoms with Gasteiger partial charge in [0.25, 0.3) is 0 Å². The van der Waals surface area contributed by atoms with E-state index in [1.165, 1.54) is 4.88 Å². The van der Waals surface area contributed by atoms with E-state index in [9.17, 15) is 0 Å². The first kappa shape index (κ1) is 17.2. The predicted molar refractivity (Wildman–Crippen MR) is 108 cm³/mol. The number of furan rings is 1. The summed E-state index contributed by atoms with van der Waals surface area (Å²) in [5.74, 6) is 2.16. The number of aromatic nitrogens is 3. The molecule has 3 heterocycles. The highest BCUT2D eigenvalue weighted by Crippen LogP contribution is 2.28. The molecule has 7 heteroatoms. The van der Waals surface area contributed by atoms with Gasteiger partial charge in [0.1, 0.15) is 16.6 Å². The minimum atomic E-state index is 0.546. The lowest BCUT2D eigenvalue weighted by molar-refractivity contribution is 0.517. The van der Waals surface area contributed by atoms with Gasteiger partial charge < -0.3 is 15.1 Å². The Morgan fingerprint density at radius 3 is 2.67 bits per heavy atom. The van der Waals surface area contributed by atoms with E-state index in [-0.39, 0.29) is 0 Å². The van der Waals surface area contributed by atoms with Crippen molar-refractivity contribution in [1.29, 1.82) is 0 Å². The average Bonchev–Trinajstić information content (AvgIpc) is 3.35. The van der Waals surface area contributed by atoms with Crippen molar-refractivity contribution in [1.82, 2.24) is 15.0 Å². The fraction of sp³-hybridized carbons (Fsp3) is 0.150. The molecule has 4 aromatic rings. The van der Waals surface area contributed by atoms with Crippen molar-refractivity contribution in [3.63, 3.8) is 0 Å². The SMILES string of the molecule is Cc1nc(-c2ccccc2)sc1CNc1ccnc(NCc2ccco2)n1. The van der Waals surface area contributed by atoms with Crippen LogP contribution < -0.4 is 10.6 Å². The van der Waals surface area contributed by atoms with E-state index >= 15 is 0 Å². The summed E-state index contributed by atoms with van der Waals surface area (Å²) in [6.07, 6.45) is 3.38. The van der Waals surface area contributed by atoms with Crippen molar-refractivity contribution in [2.45, 2.75) is 20.0 Å². The van der Waals surface area contributed by atoms with E-state index < -0.39 is 0 Å². The van der Waals surface area contributed by atoms with Crippen LogP contribution in [0.4, 0.5) is 11.8 Å². The lowest BCUT2D eigenvalue weighted by Gasteiger charge is -2.07. The summed E-state index contributed by atoms with van der Waals surface area (Å²) in [5.41, 5.74) is 2.18. The molecular weight excluding hydrogens is 358 g/mol. The summed E-state index contributed by atoms with van der Waals surface area (Å²) < 4.78 is 5.30. The van der Waals surface area contributed by atoms with Crippen molar-refractivity contribution >= 4 is 23.1 Å². The van der Waals surface area contributed by atoms with Crippen LogP contribution in [0, 0.1) is 6.92 Å². The maximum Gasteiger partial charge on any atom is 0.224 e. The monoisotopic (exact) mass is 377 g/mol. The molecule has 6 nitrogen and oxygen atoms in total. The molecule has 0 amide bonds. The van der Waals surface area contributed by atoms with Gasteiger partial charge in [-0.1, -0.05) is 30.3 Å². The number of anilines is 2. The molecule has 0 aliphatic heterocycles. The van der Waals surface area contributed by atoms with Crippen LogP contribution in [0.25, 0.3) is 10.6 Å². The van der Waals surface area contributed by atoms with Crippen LogP contribution in [0.2, 0.25) is 0 Å². The second-order valence-corrected chi connectivity index (χ2v) is 7.03. The second kappa shape index (κ2) is 8.01. The van der Waals surface area contributed by atoms with Gasteiger partial charge in [-0.15, -0.1) is 11.3 Å². The van der Waals surface area contributed by atoms with Gasteiger partial charge in [0, 0.05) is 16.6 Å². The van der Waals surface area contributed by atoms with Crippen LogP contribution in [0.3, 0.4) is 0 Å². The fourth-order valence-corrected chi connectivity index (χ4v) is 3.60. The molecule has 2 N–H and O–H groups in total. The third-order valence-corrected chi connectivity index (χ3v) is 5.21. The Morgan fingerprint density at radius 2 is 1.85 bits per heavy atom. The first-order chi connectivity index (χ1) is 13.3.